The van der Waals surface area contributed by atoms with E-state index in [1.807, 2.05) is 0 Å². The largest absolute Gasteiger partial charge is 0.512 e. The van der Waals surface area contributed by atoms with E-state index in [0.717, 1.165) is 12.3 Å². The number of methoxy groups -OCH3 is 1. The molecular weight excluding hydrogens is 470 g/mol. The molecule has 0 aliphatic heterocycles. The Labute approximate surface area is 202 Å². The number of phenols is 1. The Morgan fingerprint density at radius 3 is 2.26 bits per heavy atom. The maximum atomic E-state index is 11.9. The van der Waals surface area contributed by atoms with Gasteiger partial charge in [-0.1, -0.05) is 30.9 Å². The van der Waals surface area contributed by atoms with Crippen molar-refractivity contribution in [1.82, 2.24) is 15.0 Å². The average molecular weight is 494 g/mol. The standard InChI is InChI=1S/C25H23N3O6S/c1-5-6-7-19(15(2)29)23-26-22(16-8-10-17(11-9-16)25(31)34-3)27-24(28-23)20-13-12-18(14-21(20)30)35(4,32)33/h5-14,29-30H,1H2,2-4H3/b7-6-,19-15-. The van der Waals surface area contributed by atoms with Gasteiger partial charge in [0.25, 0.3) is 0 Å². The van der Waals surface area contributed by atoms with Gasteiger partial charge in [-0.15, -0.1) is 0 Å². The highest BCUT2D eigenvalue weighted by atomic mass is 32.2. The number of phenolic OH excluding ortho intramolecular Hbond substituents is 1. The fourth-order valence-electron chi connectivity index (χ4n) is 3.07. The van der Waals surface area contributed by atoms with Gasteiger partial charge in [0.05, 0.1) is 28.7 Å². The van der Waals surface area contributed by atoms with Gasteiger partial charge < -0.3 is 14.9 Å². The Morgan fingerprint density at radius 1 is 1.06 bits per heavy atom. The number of aliphatic hydroxyl groups excluding tert-OH is 1. The van der Waals surface area contributed by atoms with Gasteiger partial charge in [-0.3, -0.25) is 0 Å². The number of carbonyl (C=O) groups excluding carboxylic acids is 1. The predicted octanol–water partition coefficient (Wildman–Crippen LogP) is 4.13. The highest BCUT2D eigenvalue weighted by Gasteiger charge is 2.18. The maximum absolute atomic E-state index is 11.9. The molecule has 2 N–H and O–H groups in total. The molecule has 1 aromatic heterocycles. The van der Waals surface area contributed by atoms with E-state index in [1.54, 1.807) is 36.4 Å². The number of allylic oxidation sites excluding steroid dienone is 5. The number of carbonyl (C=O) groups is 1. The highest BCUT2D eigenvalue weighted by Crippen LogP contribution is 2.31. The van der Waals surface area contributed by atoms with Crippen molar-refractivity contribution in [1.29, 1.82) is 0 Å². The van der Waals surface area contributed by atoms with Crippen molar-refractivity contribution < 1.29 is 28.2 Å². The SMILES string of the molecule is C=C/C=C\C(=C(/C)O)c1nc(-c2ccc(C(=O)OC)cc2)nc(-c2ccc(S(C)(=O)=O)cc2O)n1. The molecule has 3 aromatic rings. The summed E-state index contributed by atoms with van der Waals surface area (Å²) < 4.78 is 28.4. The lowest BCUT2D eigenvalue weighted by molar-refractivity contribution is 0.0600. The summed E-state index contributed by atoms with van der Waals surface area (Å²) in [6.07, 6.45) is 5.72. The van der Waals surface area contributed by atoms with Gasteiger partial charge >= 0.3 is 5.97 Å². The second-order valence-corrected chi connectivity index (χ2v) is 9.44. The van der Waals surface area contributed by atoms with Crippen molar-refractivity contribution in [3.05, 3.63) is 84.4 Å². The van der Waals surface area contributed by atoms with Crippen LogP contribution in [0.25, 0.3) is 28.3 Å². The second-order valence-electron chi connectivity index (χ2n) is 7.42. The molecule has 0 aliphatic rings. The Balaban J connectivity index is 2.25. The van der Waals surface area contributed by atoms with Crippen LogP contribution in [0.15, 0.2) is 77.9 Å². The zero-order chi connectivity index (χ0) is 25.8. The minimum absolute atomic E-state index is 0.0466. The van der Waals surface area contributed by atoms with E-state index in [2.05, 4.69) is 21.5 Å². The third-order valence-electron chi connectivity index (χ3n) is 4.87. The number of nitrogens with zero attached hydrogens (tertiary/aromatic N) is 3. The monoisotopic (exact) mass is 493 g/mol. The predicted molar refractivity (Wildman–Crippen MR) is 131 cm³/mol. The first-order chi connectivity index (χ1) is 16.5. The molecule has 0 aliphatic carbocycles. The Kier molecular flexibility index (Phi) is 7.46. The molecule has 0 fully saturated rings. The van der Waals surface area contributed by atoms with E-state index in [0.29, 0.717) is 11.1 Å². The molecule has 0 bridgehead atoms. The van der Waals surface area contributed by atoms with Crippen LogP contribution in [0.3, 0.4) is 0 Å². The van der Waals surface area contributed by atoms with Crippen LogP contribution in [0.4, 0.5) is 0 Å². The van der Waals surface area contributed by atoms with E-state index >= 15 is 0 Å². The van der Waals surface area contributed by atoms with E-state index in [9.17, 15) is 23.4 Å². The number of sulfone groups is 1. The van der Waals surface area contributed by atoms with Crippen LogP contribution in [0.2, 0.25) is 0 Å². The zero-order valence-electron chi connectivity index (χ0n) is 19.3. The number of esters is 1. The summed E-state index contributed by atoms with van der Waals surface area (Å²) in [5, 5.41) is 20.8. The Hall–Kier alpha value is -4.31. The Morgan fingerprint density at radius 2 is 1.71 bits per heavy atom. The summed E-state index contributed by atoms with van der Waals surface area (Å²) in [4.78, 5) is 25.0. The van der Waals surface area contributed by atoms with Crippen LogP contribution < -0.4 is 0 Å². The lowest BCUT2D eigenvalue weighted by Crippen LogP contribution is -2.05. The van der Waals surface area contributed by atoms with Crippen LogP contribution in [0.5, 0.6) is 5.75 Å². The molecule has 0 saturated carbocycles. The minimum Gasteiger partial charge on any atom is -0.512 e. The fraction of sp³-hybridized carbons (Fsp3) is 0.120. The molecule has 10 heteroatoms. The van der Waals surface area contributed by atoms with E-state index in [1.165, 1.54) is 32.2 Å². The van der Waals surface area contributed by atoms with Crippen LogP contribution in [0.1, 0.15) is 23.1 Å². The minimum atomic E-state index is -3.54. The normalized spacial score (nSPS) is 12.3. The van der Waals surface area contributed by atoms with Crippen LogP contribution >= 0.6 is 0 Å². The summed E-state index contributed by atoms with van der Waals surface area (Å²) in [6.45, 7) is 5.09. The number of benzene rings is 2. The number of hydrogen-bond acceptors (Lipinski definition) is 9. The average Bonchev–Trinajstić information content (AvgIpc) is 2.83. The summed E-state index contributed by atoms with van der Waals surface area (Å²) in [6, 6.07) is 10.2. The molecule has 180 valence electrons. The van der Waals surface area contributed by atoms with Crippen molar-refractivity contribution in [2.45, 2.75) is 11.8 Å². The van der Waals surface area contributed by atoms with Crippen LogP contribution in [-0.2, 0) is 14.6 Å². The Bertz CT molecular complexity index is 1460. The smallest absolute Gasteiger partial charge is 0.337 e. The number of aromatic nitrogens is 3. The maximum Gasteiger partial charge on any atom is 0.337 e. The van der Waals surface area contributed by atoms with Gasteiger partial charge in [-0.25, -0.2) is 28.2 Å². The zero-order valence-corrected chi connectivity index (χ0v) is 20.1. The van der Waals surface area contributed by atoms with Gasteiger partial charge in [0, 0.05) is 11.8 Å². The number of ether oxygens (including phenoxy) is 1. The number of rotatable bonds is 7. The van der Waals surface area contributed by atoms with E-state index in [-0.39, 0.29) is 45.0 Å². The lowest BCUT2D eigenvalue weighted by atomic mass is 10.1. The molecule has 2 aromatic carbocycles. The van der Waals surface area contributed by atoms with Crippen molar-refractivity contribution in [3.63, 3.8) is 0 Å². The molecule has 9 nitrogen and oxygen atoms in total. The van der Waals surface area contributed by atoms with E-state index < -0.39 is 15.8 Å². The second kappa shape index (κ2) is 10.3. The molecule has 35 heavy (non-hydrogen) atoms. The van der Waals surface area contributed by atoms with Crippen LogP contribution in [-0.4, -0.2) is 52.9 Å². The first kappa shape index (κ1) is 25.3. The van der Waals surface area contributed by atoms with Gasteiger partial charge in [0.2, 0.25) is 0 Å². The summed E-state index contributed by atoms with van der Waals surface area (Å²) >= 11 is 0. The molecule has 0 saturated heterocycles. The molecular formula is C25H23N3O6S. The number of hydrogen-bond donors (Lipinski definition) is 2. The fourth-order valence-corrected chi connectivity index (χ4v) is 3.71. The summed E-state index contributed by atoms with van der Waals surface area (Å²) in [7, 11) is -2.26. The third-order valence-corrected chi connectivity index (χ3v) is 5.98. The van der Waals surface area contributed by atoms with Crippen molar-refractivity contribution >= 4 is 21.4 Å². The number of aromatic hydroxyl groups is 1. The number of aliphatic hydroxyl groups is 1. The molecule has 0 amide bonds. The molecule has 0 unspecified atom stereocenters. The molecule has 3 rings (SSSR count). The van der Waals surface area contributed by atoms with Crippen molar-refractivity contribution in [2.75, 3.05) is 13.4 Å². The van der Waals surface area contributed by atoms with Gasteiger partial charge in [-0.2, -0.15) is 0 Å². The van der Waals surface area contributed by atoms with Gasteiger partial charge in [0.1, 0.15) is 11.5 Å². The van der Waals surface area contributed by atoms with E-state index in [4.69, 9.17) is 4.74 Å². The van der Waals surface area contributed by atoms with Crippen molar-refractivity contribution in [3.8, 4) is 28.5 Å². The summed E-state index contributed by atoms with van der Waals surface area (Å²) in [5.74, 6) is -0.565. The first-order valence-electron chi connectivity index (χ1n) is 10.2. The van der Waals surface area contributed by atoms with Crippen molar-refractivity contribution in [2.24, 2.45) is 0 Å². The van der Waals surface area contributed by atoms with Gasteiger partial charge in [0.15, 0.2) is 27.3 Å². The third kappa shape index (κ3) is 5.79. The lowest BCUT2D eigenvalue weighted by Gasteiger charge is -2.11. The van der Waals surface area contributed by atoms with Gasteiger partial charge in [-0.05, 0) is 43.3 Å². The first-order valence-corrected chi connectivity index (χ1v) is 12.1. The molecule has 0 atom stereocenters. The molecule has 0 spiro atoms. The molecule has 0 radical (unpaired) electrons. The highest BCUT2D eigenvalue weighted by molar-refractivity contribution is 7.90. The van der Waals surface area contributed by atoms with Crippen LogP contribution in [0, 0.1) is 0 Å². The summed E-state index contributed by atoms with van der Waals surface area (Å²) in [5.41, 5.74) is 1.31. The quantitative estimate of drug-likeness (QED) is 0.282. The topological polar surface area (TPSA) is 140 Å². The molecule has 1 heterocycles.